The van der Waals surface area contributed by atoms with Crippen molar-refractivity contribution in [2.45, 2.75) is 62.8 Å². The van der Waals surface area contributed by atoms with Crippen molar-refractivity contribution in [2.75, 3.05) is 31.8 Å². The van der Waals surface area contributed by atoms with E-state index in [0.29, 0.717) is 37.1 Å². The van der Waals surface area contributed by atoms with Gasteiger partial charge in [-0.2, -0.15) is 0 Å². The molecule has 3 saturated heterocycles. The van der Waals surface area contributed by atoms with Gasteiger partial charge in [-0.1, -0.05) is 19.1 Å². The van der Waals surface area contributed by atoms with Crippen molar-refractivity contribution in [3.63, 3.8) is 0 Å². The third kappa shape index (κ3) is 4.22. The van der Waals surface area contributed by atoms with Gasteiger partial charge in [-0.25, -0.2) is 0 Å². The van der Waals surface area contributed by atoms with Crippen LogP contribution in [0.2, 0.25) is 0 Å². The molecule has 3 aliphatic rings. The highest BCUT2D eigenvalue weighted by Gasteiger charge is 2.79. The molecule has 3 aliphatic heterocycles. The Kier molecular flexibility index (Phi) is 7.99. The highest BCUT2D eigenvalue weighted by Crippen LogP contribution is 2.64. The summed E-state index contributed by atoms with van der Waals surface area (Å²) >= 11 is 0. The minimum absolute atomic E-state index is 0.163. The number of esters is 1. The first-order chi connectivity index (χ1) is 18.2. The molecule has 4 rings (SSSR count). The summed E-state index contributed by atoms with van der Waals surface area (Å²) in [6, 6.07) is 5.37. The summed E-state index contributed by atoms with van der Waals surface area (Å²) in [6.07, 6.45) is 5.26. The number of hydrogen-bond acceptors (Lipinski definition) is 7. The molecular formula is C29H38N2O7. The summed E-state index contributed by atoms with van der Waals surface area (Å²) in [5.74, 6) is -2.27. The molecule has 2 bridgehead atoms. The Morgan fingerprint density at radius 2 is 1.97 bits per heavy atom. The molecule has 0 saturated carbocycles. The summed E-state index contributed by atoms with van der Waals surface area (Å²) in [5, 5.41) is 10.1. The van der Waals surface area contributed by atoms with E-state index in [0.717, 1.165) is 0 Å². The van der Waals surface area contributed by atoms with Gasteiger partial charge < -0.3 is 29.1 Å². The fourth-order valence-corrected chi connectivity index (χ4v) is 6.55. The van der Waals surface area contributed by atoms with E-state index in [1.807, 2.05) is 6.92 Å². The topological polar surface area (TPSA) is 106 Å². The maximum absolute atomic E-state index is 14.4. The summed E-state index contributed by atoms with van der Waals surface area (Å²) in [4.78, 5) is 44.9. The largest absolute Gasteiger partial charge is 0.497 e. The number of carbonyl (C=O) groups is 3. The number of aliphatic hydroxyl groups is 1. The number of nitrogens with zero attached hydrogens (tertiary/aromatic N) is 2. The van der Waals surface area contributed by atoms with Gasteiger partial charge in [0.1, 0.15) is 23.3 Å². The number of amides is 2. The number of anilines is 1. The Morgan fingerprint density at radius 1 is 1.26 bits per heavy atom. The number of ether oxygens (including phenoxy) is 3. The number of fused-ring (bicyclic) bond motifs is 1. The van der Waals surface area contributed by atoms with Gasteiger partial charge in [0.05, 0.1) is 37.9 Å². The monoisotopic (exact) mass is 526 g/mol. The lowest BCUT2D eigenvalue weighted by Gasteiger charge is -2.38. The minimum atomic E-state index is -1.21. The molecule has 9 nitrogen and oxygen atoms in total. The number of likely N-dealkylation sites (tertiary alicyclic amines) is 1. The zero-order valence-corrected chi connectivity index (χ0v) is 22.4. The molecule has 1 aromatic rings. The van der Waals surface area contributed by atoms with Crippen molar-refractivity contribution in [2.24, 2.45) is 11.8 Å². The Labute approximate surface area is 224 Å². The Balaban J connectivity index is 1.79. The first-order valence-electron chi connectivity index (χ1n) is 13.2. The van der Waals surface area contributed by atoms with Gasteiger partial charge >= 0.3 is 5.97 Å². The van der Waals surface area contributed by atoms with Crippen LogP contribution in [0.5, 0.6) is 5.75 Å². The van der Waals surface area contributed by atoms with Gasteiger partial charge in [0.2, 0.25) is 5.91 Å². The zero-order valence-electron chi connectivity index (χ0n) is 22.4. The molecule has 0 radical (unpaired) electrons. The molecule has 3 fully saturated rings. The fraction of sp³-hybridized carbons (Fsp3) is 0.552. The van der Waals surface area contributed by atoms with Crippen molar-refractivity contribution in [3.8, 4) is 5.75 Å². The third-order valence-electron chi connectivity index (χ3n) is 8.37. The van der Waals surface area contributed by atoms with Crippen LogP contribution in [0.4, 0.5) is 5.69 Å². The molecule has 0 aromatic heterocycles. The number of rotatable bonds is 12. The molecule has 1 aromatic carbocycles. The van der Waals surface area contributed by atoms with Crippen LogP contribution in [0.1, 0.15) is 39.5 Å². The van der Waals surface area contributed by atoms with Crippen LogP contribution in [0.25, 0.3) is 0 Å². The van der Waals surface area contributed by atoms with Crippen LogP contribution >= 0.6 is 0 Å². The summed E-state index contributed by atoms with van der Waals surface area (Å²) in [7, 11) is 1.57. The van der Waals surface area contributed by atoms with Gasteiger partial charge in [-0.15, -0.1) is 13.2 Å². The fourth-order valence-electron chi connectivity index (χ4n) is 6.55. The first kappa shape index (κ1) is 27.9. The number of aliphatic hydroxyl groups excluding tert-OH is 1. The van der Waals surface area contributed by atoms with E-state index in [2.05, 4.69) is 13.2 Å². The quantitative estimate of drug-likeness (QED) is 0.254. The van der Waals surface area contributed by atoms with E-state index in [1.165, 1.54) is 4.90 Å². The Morgan fingerprint density at radius 3 is 2.55 bits per heavy atom. The number of benzene rings is 1. The van der Waals surface area contributed by atoms with Gasteiger partial charge in [-0.3, -0.25) is 14.4 Å². The van der Waals surface area contributed by atoms with E-state index in [-0.39, 0.29) is 31.6 Å². The van der Waals surface area contributed by atoms with Gasteiger partial charge in [0.25, 0.3) is 5.91 Å². The zero-order chi connectivity index (χ0) is 27.7. The second-order valence-corrected chi connectivity index (χ2v) is 10.3. The van der Waals surface area contributed by atoms with Crippen molar-refractivity contribution in [1.29, 1.82) is 0 Å². The standard InChI is InChI=1S/C29H38N2O7/c1-6-9-17-37-27(35)23-22-25(33)31(19(4)18-32)24(29(22)15-14-28(23,8-3)38-29)26(34)30(16-7-2)20-10-12-21(36-5)13-11-20/h6-7,10-13,19,22-24,32H,1-2,8-9,14-18H2,3-5H3/t19-,22+,23-,24?,28+,29?/m1/s1. The molecule has 1 spiro atoms. The lowest BCUT2D eigenvalue weighted by Crippen LogP contribution is -2.58. The van der Waals surface area contributed by atoms with Crippen LogP contribution in [0, 0.1) is 11.8 Å². The van der Waals surface area contributed by atoms with E-state index < -0.39 is 41.1 Å². The average Bonchev–Trinajstić information content (AvgIpc) is 3.54. The summed E-state index contributed by atoms with van der Waals surface area (Å²) in [5.41, 5.74) is -1.48. The second kappa shape index (κ2) is 10.9. The van der Waals surface area contributed by atoms with E-state index in [9.17, 15) is 19.5 Å². The van der Waals surface area contributed by atoms with Gasteiger partial charge in [0, 0.05) is 12.2 Å². The van der Waals surface area contributed by atoms with E-state index in [4.69, 9.17) is 14.2 Å². The molecule has 206 valence electrons. The van der Waals surface area contributed by atoms with Gasteiger partial charge in [-0.05, 0) is 56.9 Å². The predicted molar refractivity (Wildman–Crippen MR) is 142 cm³/mol. The molecule has 2 amide bonds. The normalized spacial score (nSPS) is 30.1. The summed E-state index contributed by atoms with van der Waals surface area (Å²) < 4.78 is 17.6. The Bertz CT molecular complexity index is 1090. The second-order valence-electron chi connectivity index (χ2n) is 10.3. The highest BCUT2D eigenvalue weighted by atomic mass is 16.6. The molecular weight excluding hydrogens is 488 g/mol. The molecule has 3 heterocycles. The SMILES string of the molecule is C=CCCOC(=O)[C@H]1[C@H]2C(=O)N([C@H](C)CO)C(C(=O)N(CC=C)c3ccc(OC)cc3)C23CC[C@]1(CC)O3. The van der Waals surface area contributed by atoms with Crippen molar-refractivity contribution >= 4 is 23.5 Å². The lowest BCUT2D eigenvalue weighted by molar-refractivity contribution is -0.161. The molecule has 0 aliphatic carbocycles. The van der Waals surface area contributed by atoms with Crippen LogP contribution < -0.4 is 9.64 Å². The highest BCUT2D eigenvalue weighted by molar-refractivity contribution is 6.05. The molecule has 38 heavy (non-hydrogen) atoms. The van der Waals surface area contributed by atoms with E-state index in [1.54, 1.807) is 55.4 Å². The van der Waals surface area contributed by atoms with Crippen molar-refractivity contribution in [1.82, 2.24) is 4.90 Å². The molecule has 2 unspecified atom stereocenters. The van der Waals surface area contributed by atoms with Crippen LogP contribution in [0.3, 0.4) is 0 Å². The van der Waals surface area contributed by atoms with Crippen molar-refractivity contribution in [3.05, 3.63) is 49.6 Å². The Hall–Kier alpha value is -3.17. The number of methoxy groups -OCH3 is 1. The van der Waals surface area contributed by atoms with Crippen LogP contribution in [0.15, 0.2) is 49.6 Å². The first-order valence-corrected chi connectivity index (χ1v) is 13.2. The van der Waals surface area contributed by atoms with Crippen LogP contribution in [-0.2, 0) is 23.9 Å². The summed E-state index contributed by atoms with van der Waals surface area (Å²) in [6.45, 7) is 11.1. The number of hydrogen-bond donors (Lipinski definition) is 1. The lowest BCUT2D eigenvalue weighted by atomic mass is 9.65. The maximum Gasteiger partial charge on any atom is 0.312 e. The minimum Gasteiger partial charge on any atom is -0.497 e. The molecule has 9 heteroatoms. The van der Waals surface area contributed by atoms with Gasteiger partial charge in [0.15, 0.2) is 0 Å². The average molecular weight is 527 g/mol. The maximum atomic E-state index is 14.4. The van der Waals surface area contributed by atoms with Crippen molar-refractivity contribution < 1.29 is 33.7 Å². The third-order valence-corrected chi connectivity index (χ3v) is 8.37. The molecule has 1 N–H and O–H groups in total. The van der Waals surface area contributed by atoms with E-state index >= 15 is 0 Å². The molecule has 6 atom stereocenters. The number of carbonyl (C=O) groups excluding carboxylic acids is 3. The predicted octanol–water partition coefficient (Wildman–Crippen LogP) is 2.87. The van der Waals surface area contributed by atoms with Crippen LogP contribution in [-0.4, -0.2) is 77.9 Å². The smallest absolute Gasteiger partial charge is 0.312 e.